The maximum Gasteiger partial charge on any atom is 0.269 e. The van der Waals surface area contributed by atoms with Crippen LogP contribution in [0.5, 0.6) is 0 Å². The number of nitro groups is 1. The van der Waals surface area contributed by atoms with E-state index in [1.165, 1.54) is 29.1 Å². The molecule has 1 aliphatic rings. The lowest BCUT2D eigenvalue weighted by molar-refractivity contribution is -0.384. The minimum Gasteiger partial charge on any atom is -0.384 e. The summed E-state index contributed by atoms with van der Waals surface area (Å²) >= 11 is 0. The van der Waals surface area contributed by atoms with Crippen LogP contribution >= 0.6 is 0 Å². The first-order chi connectivity index (χ1) is 16.5. The van der Waals surface area contributed by atoms with Crippen molar-refractivity contribution in [2.24, 2.45) is 11.1 Å². The first kappa shape index (κ1) is 21.2. The normalized spacial score (nSPS) is 17.1. The van der Waals surface area contributed by atoms with Crippen molar-refractivity contribution in [1.29, 1.82) is 0 Å². The summed E-state index contributed by atoms with van der Waals surface area (Å²) in [5.41, 5.74) is 3.75. The molecule has 5 rings (SSSR count). The highest BCUT2D eigenvalue weighted by molar-refractivity contribution is 6.19. The van der Waals surface area contributed by atoms with E-state index >= 15 is 0 Å². The number of benzene rings is 3. The largest absolute Gasteiger partial charge is 0.384 e. The third kappa shape index (κ3) is 3.95. The molecule has 0 N–H and O–H groups in total. The summed E-state index contributed by atoms with van der Waals surface area (Å²) < 4.78 is 0. The molecule has 168 valence electrons. The summed E-state index contributed by atoms with van der Waals surface area (Å²) in [5, 5.41) is 24.1. The number of nitrogens with zero attached hydrogens (tertiary/aromatic N) is 5. The molecule has 2 unspecified atom stereocenters. The van der Waals surface area contributed by atoms with Crippen molar-refractivity contribution in [2.75, 3.05) is 0 Å². The van der Waals surface area contributed by atoms with Crippen molar-refractivity contribution in [1.82, 2.24) is 15.0 Å². The summed E-state index contributed by atoms with van der Waals surface area (Å²) in [6.45, 7) is 1.97. The van der Waals surface area contributed by atoms with Gasteiger partial charge in [-0.1, -0.05) is 53.2 Å². The average molecular weight is 453 g/mol. The van der Waals surface area contributed by atoms with Gasteiger partial charge in [-0.3, -0.25) is 14.9 Å². The van der Waals surface area contributed by atoms with E-state index in [0.29, 0.717) is 17.0 Å². The number of Topliss-reactive ketones (excluding diaryl/α,β-unsaturated/α-hetero) is 1. The predicted octanol–water partition coefficient (Wildman–Crippen LogP) is 4.46. The number of non-ortho nitro benzene ring substituents is 1. The summed E-state index contributed by atoms with van der Waals surface area (Å²) in [5.74, 6) is -1.07. The van der Waals surface area contributed by atoms with Crippen molar-refractivity contribution in [3.63, 3.8) is 0 Å². The molecule has 0 amide bonds. The first-order valence-electron chi connectivity index (χ1n) is 10.6. The Balaban J connectivity index is 1.52. The van der Waals surface area contributed by atoms with Gasteiger partial charge in [-0.25, -0.2) is 0 Å². The van der Waals surface area contributed by atoms with Gasteiger partial charge in [0, 0.05) is 23.3 Å². The number of hydrogen-bond donors (Lipinski definition) is 0. The topological polar surface area (TPSA) is 113 Å². The van der Waals surface area contributed by atoms with Gasteiger partial charge in [0.2, 0.25) is 0 Å². The van der Waals surface area contributed by atoms with Crippen molar-refractivity contribution in [3.8, 4) is 5.69 Å². The van der Waals surface area contributed by atoms with E-state index in [0.717, 1.165) is 16.8 Å². The number of aryl methyl sites for hydroxylation is 1. The molecule has 0 aliphatic carbocycles. The molecule has 0 spiro atoms. The van der Waals surface area contributed by atoms with Crippen LogP contribution in [0.1, 0.15) is 33.3 Å². The summed E-state index contributed by atoms with van der Waals surface area (Å²) in [6, 6.07) is 22.6. The van der Waals surface area contributed by atoms with Gasteiger partial charge < -0.3 is 4.84 Å². The standard InChI is InChI=1S/C25H19N5O4/c1-16-7-9-17(10-8-16)23-22(24(31)18-11-13-20(14-12-18)30(32)33)25(34-28-23)21-15-26-29(27-21)19-5-3-2-4-6-19/h2-15,22,25H,1H3. The lowest BCUT2D eigenvalue weighted by Gasteiger charge is -2.16. The fourth-order valence-corrected chi connectivity index (χ4v) is 3.84. The van der Waals surface area contributed by atoms with E-state index < -0.39 is 16.9 Å². The molecule has 1 aromatic heterocycles. The van der Waals surface area contributed by atoms with Crippen LogP contribution in [0.15, 0.2) is 90.2 Å². The van der Waals surface area contributed by atoms with Crippen LogP contribution < -0.4 is 0 Å². The smallest absolute Gasteiger partial charge is 0.269 e. The Bertz CT molecular complexity index is 1380. The predicted molar refractivity (Wildman–Crippen MR) is 124 cm³/mol. The number of rotatable bonds is 6. The van der Waals surface area contributed by atoms with Crippen molar-refractivity contribution in [2.45, 2.75) is 13.0 Å². The molecule has 0 saturated heterocycles. The van der Waals surface area contributed by atoms with Gasteiger partial charge in [-0.2, -0.15) is 9.90 Å². The van der Waals surface area contributed by atoms with Crippen LogP contribution in [0, 0.1) is 23.0 Å². The van der Waals surface area contributed by atoms with Crippen molar-refractivity contribution in [3.05, 3.63) is 118 Å². The number of carbonyl (C=O) groups excluding carboxylic acids is 1. The number of aromatic nitrogens is 3. The quantitative estimate of drug-likeness (QED) is 0.242. The number of nitro benzene ring substituents is 1. The zero-order valence-corrected chi connectivity index (χ0v) is 18.1. The maximum atomic E-state index is 13.7. The van der Waals surface area contributed by atoms with Crippen LogP contribution in [0.3, 0.4) is 0 Å². The third-order valence-corrected chi connectivity index (χ3v) is 5.64. The average Bonchev–Trinajstić information content (AvgIpc) is 3.52. The summed E-state index contributed by atoms with van der Waals surface area (Å²) in [7, 11) is 0. The molecular formula is C25H19N5O4. The highest BCUT2D eigenvalue weighted by Crippen LogP contribution is 2.36. The van der Waals surface area contributed by atoms with Crippen LogP contribution in [-0.4, -0.2) is 31.4 Å². The molecule has 9 heteroatoms. The Morgan fingerprint density at radius 2 is 1.71 bits per heavy atom. The second-order valence-corrected chi connectivity index (χ2v) is 7.91. The minimum absolute atomic E-state index is 0.0889. The number of para-hydroxylation sites is 1. The van der Waals surface area contributed by atoms with Gasteiger partial charge in [0.25, 0.3) is 5.69 Å². The summed E-state index contributed by atoms with van der Waals surface area (Å²) in [4.78, 5) is 31.4. The lowest BCUT2D eigenvalue weighted by Crippen LogP contribution is -2.27. The molecule has 2 atom stereocenters. The Hall–Kier alpha value is -4.66. The van der Waals surface area contributed by atoms with E-state index in [9.17, 15) is 14.9 Å². The zero-order chi connectivity index (χ0) is 23.7. The van der Waals surface area contributed by atoms with E-state index in [1.807, 2.05) is 61.5 Å². The molecule has 34 heavy (non-hydrogen) atoms. The van der Waals surface area contributed by atoms with Gasteiger partial charge in [0.05, 0.1) is 16.8 Å². The lowest BCUT2D eigenvalue weighted by atomic mass is 9.84. The fraction of sp³-hybridized carbons (Fsp3) is 0.120. The number of hydrogen-bond acceptors (Lipinski definition) is 7. The van der Waals surface area contributed by atoms with Gasteiger partial charge in [0.15, 0.2) is 11.9 Å². The van der Waals surface area contributed by atoms with Crippen LogP contribution in [0.2, 0.25) is 0 Å². The molecular weight excluding hydrogens is 434 g/mol. The highest BCUT2D eigenvalue weighted by Gasteiger charge is 2.43. The van der Waals surface area contributed by atoms with Crippen molar-refractivity contribution >= 4 is 17.2 Å². The Labute approximate surface area is 194 Å². The number of carbonyl (C=O) groups is 1. The van der Waals surface area contributed by atoms with Gasteiger partial charge >= 0.3 is 0 Å². The third-order valence-electron chi connectivity index (χ3n) is 5.64. The van der Waals surface area contributed by atoms with Crippen LogP contribution in [0.25, 0.3) is 5.69 Å². The maximum absolute atomic E-state index is 13.7. The van der Waals surface area contributed by atoms with Crippen molar-refractivity contribution < 1.29 is 14.6 Å². The van der Waals surface area contributed by atoms with E-state index in [4.69, 9.17) is 4.84 Å². The van der Waals surface area contributed by atoms with E-state index in [1.54, 1.807) is 6.20 Å². The number of oxime groups is 1. The van der Waals surface area contributed by atoms with Crippen LogP contribution in [0.4, 0.5) is 5.69 Å². The fourth-order valence-electron chi connectivity index (χ4n) is 3.84. The zero-order valence-electron chi connectivity index (χ0n) is 18.1. The Morgan fingerprint density at radius 1 is 1.00 bits per heavy atom. The second kappa shape index (κ2) is 8.70. The highest BCUT2D eigenvalue weighted by atomic mass is 16.6. The molecule has 0 saturated carbocycles. The number of ketones is 1. The van der Waals surface area contributed by atoms with Gasteiger partial charge in [-0.05, 0) is 31.2 Å². The molecule has 0 bridgehead atoms. The summed E-state index contributed by atoms with van der Waals surface area (Å²) in [6.07, 6.45) is 0.762. The Kier molecular flexibility index (Phi) is 5.43. The molecule has 0 radical (unpaired) electrons. The molecule has 3 aromatic carbocycles. The SMILES string of the molecule is Cc1ccc(C2=NOC(c3cnn(-c4ccccc4)n3)C2C(=O)c2ccc([N+](=O)[O-])cc2)cc1. The second-order valence-electron chi connectivity index (χ2n) is 7.91. The van der Waals surface area contributed by atoms with Gasteiger partial charge in [0.1, 0.15) is 17.3 Å². The Morgan fingerprint density at radius 3 is 2.38 bits per heavy atom. The minimum atomic E-state index is -0.801. The molecule has 2 heterocycles. The first-order valence-corrected chi connectivity index (χ1v) is 10.6. The van der Waals surface area contributed by atoms with E-state index in [-0.39, 0.29) is 11.5 Å². The molecule has 4 aromatic rings. The molecule has 0 fully saturated rings. The monoisotopic (exact) mass is 453 g/mol. The molecule has 1 aliphatic heterocycles. The van der Waals surface area contributed by atoms with Crippen LogP contribution in [-0.2, 0) is 4.84 Å². The van der Waals surface area contributed by atoms with E-state index in [2.05, 4.69) is 15.4 Å². The molecule has 9 nitrogen and oxygen atoms in total. The van der Waals surface area contributed by atoms with Gasteiger partial charge in [-0.15, -0.1) is 5.10 Å².